The minimum absolute atomic E-state index is 0.207. The molecule has 1 atom stereocenters. The van der Waals surface area contributed by atoms with Crippen LogP contribution in [0.2, 0.25) is 0 Å². The van der Waals surface area contributed by atoms with E-state index in [1.165, 1.54) is 0 Å². The topological polar surface area (TPSA) is 66.9 Å². The monoisotopic (exact) mass is 140 g/mol. The number of amides is 1. The average Bonchev–Trinajstić information content (AvgIpc) is 1.88. The Hall–Kier alpha value is -1.04. The third-order valence-electron chi connectivity index (χ3n) is 1.84. The molecule has 0 spiro atoms. The number of nitriles is 1. The van der Waals surface area contributed by atoms with Crippen molar-refractivity contribution in [3.63, 3.8) is 0 Å². The van der Waals surface area contributed by atoms with Crippen molar-refractivity contribution >= 4 is 5.91 Å². The van der Waals surface area contributed by atoms with Crippen LogP contribution in [0.5, 0.6) is 0 Å². The molecule has 0 radical (unpaired) electrons. The molecule has 56 valence electrons. The maximum Gasteiger partial charge on any atom is 0.224 e. The molecule has 0 fully saturated rings. The molecule has 0 saturated carbocycles. The van der Waals surface area contributed by atoms with Crippen molar-refractivity contribution < 1.29 is 4.79 Å². The first kappa shape index (κ1) is 8.96. The Morgan fingerprint density at radius 2 is 2.30 bits per heavy atom. The van der Waals surface area contributed by atoms with E-state index in [2.05, 4.69) is 0 Å². The summed E-state index contributed by atoms with van der Waals surface area (Å²) in [6, 6.07) is 1.94. The molecular weight excluding hydrogens is 128 g/mol. The van der Waals surface area contributed by atoms with Gasteiger partial charge in [-0.15, -0.1) is 0 Å². The highest BCUT2D eigenvalue weighted by Gasteiger charge is 2.28. The van der Waals surface area contributed by atoms with Crippen LogP contribution in [0.3, 0.4) is 0 Å². The minimum atomic E-state index is -0.630. The molecular formula is C7H12N2O. The summed E-state index contributed by atoms with van der Waals surface area (Å²) in [6.45, 7) is 3.56. The van der Waals surface area contributed by atoms with Gasteiger partial charge in [-0.05, 0) is 13.3 Å². The Bertz CT molecular complexity index is 171. The van der Waals surface area contributed by atoms with Crippen molar-refractivity contribution in [2.24, 2.45) is 11.1 Å². The van der Waals surface area contributed by atoms with E-state index in [1.807, 2.05) is 13.0 Å². The fourth-order valence-corrected chi connectivity index (χ4v) is 0.561. The summed E-state index contributed by atoms with van der Waals surface area (Å²) < 4.78 is 0. The first-order valence-electron chi connectivity index (χ1n) is 3.23. The van der Waals surface area contributed by atoms with Gasteiger partial charge in [0, 0.05) is 6.42 Å². The molecule has 0 bridgehead atoms. The normalized spacial score (nSPS) is 15.3. The lowest BCUT2D eigenvalue weighted by Crippen LogP contribution is -2.33. The van der Waals surface area contributed by atoms with Gasteiger partial charge in [-0.25, -0.2) is 0 Å². The number of nitrogens with zero attached hydrogens (tertiary/aromatic N) is 1. The molecule has 0 aromatic rings. The summed E-state index contributed by atoms with van der Waals surface area (Å²) >= 11 is 0. The fraction of sp³-hybridized carbons (Fsp3) is 0.714. The van der Waals surface area contributed by atoms with E-state index in [-0.39, 0.29) is 6.42 Å². The lowest BCUT2D eigenvalue weighted by molar-refractivity contribution is -0.126. The maximum absolute atomic E-state index is 10.7. The van der Waals surface area contributed by atoms with Crippen molar-refractivity contribution in [3.05, 3.63) is 0 Å². The van der Waals surface area contributed by atoms with Crippen molar-refractivity contribution in [1.29, 1.82) is 5.26 Å². The van der Waals surface area contributed by atoms with Crippen LogP contribution in [0.4, 0.5) is 0 Å². The average molecular weight is 140 g/mol. The molecule has 0 aromatic carbocycles. The van der Waals surface area contributed by atoms with E-state index in [4.69, 9.17) is 11.0 Å². The van der Waals surface area contributed by atoms with Gasteiger partial charge in [-0.3, -0.25) is 4.79 Å². The number of nitrogens with two attached hydrogens (primary N) is 1. The van der Waals surface area contributed by atoms with E-state index >= 15 is 0 Å². The summed E-state index contributed by atoms with van der Waals surface area (Å²) in [4.78, 5) is 10.7. The zero-order valence-electron chi connectivity index (χ0n) is 6.35. The van der Waals surface area contributed by atoms with E-state index in [0.717, 1.165) is 0 Å². The van der Waals surface area contributed by atoms with Crippen LogP contribution in [0.1, 0.15) is 26.7 Å². The highest BCUT2D eigenvalue weighted by atomic mass is 16.1. The van der Waals surface area contributed by atoms with Crippen molar-refractivity contribution in [1.82, 2.24) is 0 Å². The first-order chi connectivity index (χ1) is 4.56. The van der Waals surface area contributed by atoms with E-state index in [0.29, 0.717) is 6.42 Å². The highest BCUT2D eigenvalue weighted by Crippen LogP contribution is 2.23. The molecule has 0 aromatic heterocycles. The minimum Gasteiger partial charge on any atom is -0.369 e. The summed E-state index contributed by atoms with van der Waals surface area (Å²) in [5, 5.41) is 8.32. The van der Waals surface area contributed by atoms with Crippen LogP contribution in [0.25, 0.3) is 0 Å². The van der Waals surface area contributed by atoms with Crippen LogP contribution >= 0.6 is 0 Å². The van der Waals surface area contributed by atoms with Gasteiger partial charge in [0.25, 0.3) is 0 Å². The Kier molecular flexibility index (Phi) is 2.88. The van der Waals surface area contributed by atoms with Gasteiger partial charge in [0.1, 0.15) is 0 Å². The number of carbonyl (C=O) groups excluding carboxylic acids is 1. The summed E-state index contributed by atoms with van der Waals surface area (Å²) in [5.74, 6) is -0.392. The molecule has 0 rings (SSSR count). The number of carbonyl (C=O) groups is 1. The van der Waals surface area contributed by atoms with E-state index < -0.39 is 11.3 Å². The Morgan fingerprint density at radius 1 is 1.80 bits per heavy atom. The summed E-state index contributed by atoms with van der Waals surface area (Å²) in [7, 11) is 0. The van der Waals surface area contributed by atoms with E-state index in [9.17, 15) is 4.79 Å². The molecule has 1 amide bonds. The smallest absolute Gasteiger partial charge is 0.224 e. The van der Waals surface area contributed by atoms with Gasteiger partial charge in [-0.1, -0.05) is 6.92 Å². The lowest BCUT2D eigenvalue weighted by Gasteiger charge is -2.19. The van der Waals surface area contributed by atoms with Gasteiger partial charge in [0.15, 0.2) is 0 Å². The molecule has 0 saturated heterocycles. The van der Waals surface area contributed by atoms with Gasteiger partial charge in [-0.2, -0.15) is 5.26 Å². The number of primary amides is 1. The van der Waals surface area contributed by atoms with Crippen molar-refractivity contribution in [3.8, 4) is 6.07 Å². The summed E-state index contributed by atoms with van der Waals surface area (Å²) in [6.07, 6.45) is 0.828. The lowest BCUT2D eigenvalue weighted by atomic mass is 9.84. The quantitative estimate of drug-likeness (QED) is 0.630. The van der Waals surface area contributed by atoms with Gasteiger partial charge < -0.3 is 5.73 Å². The van der Waals surface area contributed by atoms with Gasteiger partial charge in [0.05, 0.1) is 11.5 Å². The molecule has 10 heavy (non-hydrogen) atoms. The summed E-state index contributed by atoms with van der Waals surface area (Å²) in [5.41, 5.74) is 4.45. The molecule has 1 unspecified atom stereocenters. The molecule has 2 N–H and O–H groups in total. The van der Waals surface area contributed by atoms with Crippen LogP contribution in [0, 0.1) is 16.7 Å². The molecule has 0 aliphatic carbocycles. The number of rotatable bonds is 3. The standard InChI is InChI=1S/C7H12N2O/c1-3-7(2,4-5-8)6(9)10/h3-4H2,1-2H3,(H2,9,10). The Balaban J connectivity index is 4.26. The second-order valence-corrected chi connectivity index (χ2v) is 2.61. The van der Waals surface area contributed by atoms with Crippen molar-refractivity contribution in [2.45, 2.75) is 26.7 Å². The van der Waals surface area contributed by atoms with Gasteiger partial charge in [0.2, 0.25) is 5.91 Å². The zero-order valence-corrected chi connectivity index (χ0v) is 6.35. The molecule has 3 heteroatoms. The molecule has 0 heterocycles. The number of hydrogen-bond donors (Lipinski definition) is 1. The maximum atomic E-state index is 10.7. The Morgan fingerprint density at radius 3 is 2.40 bits per heavy atom. The Labute approximate surface area is 60.8 Å². The second-order valence-electron chi connectivity index (χ2n) is 2.61. The van der Waals surface area contributed by atoms with Crippen LogP contribution < -0.4 is 5.73 Å². The third-order valence-corrected chi connectivity index (χ3v) is 1.84. The molecule has 0 aliphatic heterocycles. The number of hydrogen-bond acceptors (Lipinski definition) is 2. The van der Waals surface area contributed by atoms with Crippen LogP contribution in [-0.2, 0) is 4.79 Å². The third kappa shape index (κ3) is 1.73. The fourth-order valence-electron chi connectivity index (χ4n) is 0.561. The SMILES string of the molecule is CCC(C)(CC#N)C(N)=O. The van der Waals surface area contributed by atoms with Crippen molar-refractivity contribution in [2.75, 3.05) is 0 Å². The predicted molar refractivity (Wildman–Crippen MR) is 37.8 cm³/mol. The van der Waals surface area contributed by atoms with Gasteiger partial charge >= 0.3 is 0 Å². The molecule has 0 aliphatic rings. The first-order valence-corrected chi connectivity index (χ1v) is 3.23. The van der Waals surface area contributed by atoms with Crippen LogP contribution in [-0.4, -0.2) is 5.91 Å². The largest absolute Gasteiger partial charge is 0.369 e. The highest BCUT2D eigenvalue weighted by molar-refractivity contribution is 5.80. The predicted octanol–water partition coefficient (Wildman–Crippen LogP) is 0.802. The zero-order chi connectivity index (χ0) is 8.20. The van der Waals surface area contributed by atoms with Crippen LogP contribution in [0.15, 0.2) is 0 Å². The second kappa shape index (κ2) is 3.21. The van der Waals surface area contributed by atoms with E-state index in [1.54, 1.807) is 6.92 Å². The molecule has 3 nitrogen and oxygen atoms in total.